The van der Waals surface area contributed by atoms with E-state index in [0.29, 0.717) is 0 Å². The van der Waals surface area contributed by atoms with Crippen LogP contribution in [-0.4, -0.2) is 32.6 Å². The first-order chi connectivity index (χ1) is 8.08. The number of hydrogen-bond acceptors (Lipinski definition) is 4. The Hall–Kier alpha value is -2.11. The Bertz CT molecular complexity index is 433. The second kappa shape index (κ2) is 5.83. The summed E-state index contributed by atoms with van der Waals surface area (Å²) in [6.07, 6.45) is 0. The number of nitrogens with one attached hydrogen (secondary N) is 1. The number of hydrogen-bond donors (Lipinski definition) is 1. The van der Waals surface area contributed by atoms with E-state index in [9.17, 15) is 14.0 Å². The van der Waals surface area contributed by atoms with Gasteiger partial charge in [-0.05, 0) is 18.2 Å². The zero-order chi connectivity index (χ0) is 12.8. The summed E-state index contributed by atoms with van der Waals surface area (Å²) in [7, 11) is 2.52. The molecule has 0 bridgehead atoms. The quantitative estimate of drug-likeness (QED) is 0.789. The molecular formula is C11H12FNO4. The van der Waals surface area contributed by atoms with E-state index in [1.165, 1.54) is 26.4 Å². The number of rotatable bonds is 4. The zero-order valence-corrected chi connectivity index (χ0v) is 9.45. The molecule has 6 heteroatoms. The number of carbonyl (C=O) groups excluding carboxylic acids is 2. The summed E-state index contributed by atoms with van der Waals surface area (Å²) in [6, 6.07) is 3.66. The number of ether oxygens (including phenoxy) is 2. The van der Waals surface area contributed by atoms with Gasteiger partial charge in [-0.15, -0.1) is 0 Å². The maximum absolute atomic E-state index is 13.1. The van der Waals surface area contributed by atoms with E-state index in [2.05, 4.69) is 10.1 Å². The number of halogens is 1. The minimum atomic E-state index is -0.563. The van der Waals surface area contributed by atoms with Crippen molar-refractivity contribution in [1.29, 1.82) is 0 Å². The number of amides is 1. The lowest BCUT2D eigenvalue weighted by atomic mass is 10.2. The average Bonchev–Trinajstić information content (AvgIpc) is 2.35. The molecule has 1 N–H and O–H groups in total. The molecule has 1 aromatic carbocycles. The van der Waals surface area contributed by atoms with Crippen LogP contribution in [0.5, 0.6) is 5.75 Å². The van der Waals surface area contributed by atoms with E-state index in [4.69, 9.17) is 4.74 Å². The van der Waals surface area contributed by atoms with E-state index >= 15 is 0 Å². The van der Waals surface area contributed by atoms with Crippen molar-refractivity contribution < 1.29 is 23.5 Å². The van der Waals surface area contributed by atoms with Crippen LogP contribution in [0.3, 0.4) is 0 Å². The van der Waals surface area contributed by atoms with Gasteiger partial charge in [-0.3, -0.25) is 9.59 Å². The molecule has 0 saturated carbocycles. The highest BCUT2D eigenvalue weighted by Gasteiger charge is 2.11. The van der Waals surface area contributed by atoms with E-state index < -0.39 is 17.7 Å². The Labute approximate surface area is 97.5 Å². The zero-order valence-electron chi connectivity index (χ0n) is 9.45. The van der Waals surface area contributed by atoms with Crippen molar-refractivity contribution in [1.82, 2.24) is 5.32 Å². The summed E-state index contributed by atoms with van der Waals surface area (Å²) < 4.78 is 22.2. The molecule has 0 unspecified atom stereocenters. The van der Waals surface area contributed by atoms with Crippen molar-refractivity contribution in [3.63, 3.8) is 0 Å². The Morgan fingerprint density at radius 2 is 2.06 bits per heavy atom. The molecule has 1 amide bonds. The Kier molecular flexibility index (Phi) is 4.45. The molecule has 0 fully saturated rings. The van der Waals surface area contributed by atoms with Gasteiger partial charge in [-0.25, -0.2) is 4.39 Å². The molecular weight excluding hydrogens is 229 g/mol. The van der Waals surface area contributed by atoms with E-state index in [1.54, 1.807) is 0 Å². The second-order valence-electron chi connectivity index (χ2n) is 3.11. The van der Waals surface area contributed by atoms with Gasteiger partial charge in [0.1, 0.15) is 6.54 Å². The van der Waals surface area contributed by atoms with Gasteiger partial charge >= 0.3 is 5.97 Å². The first-order valence-corrected chi connectivity index (χ1v) is 4.77. The molecule has 0 aliphatic rings. The van der Waals surface area contributed by atoms with Gasteiger partial charge in [0.2, 0.25) is 0 Å². The SMILES string of the molecule is COC(=O)CNC(=O)c1ccc(F)c(OC)c1. The number of benzene rings is 1. The molecule has 0 saturated heterocycles. The van der Waals surface area contributed by atoms with Crippen molar-refractivity contribution in [2.45, 2.75) is 0 Å². The van der Waals surface area contributed by atoms with Crippen LogP contribution in [0.1, 0.15) is 10.4 Å². The molecule has 0 heterocycles. The van der Waals surface area contributed by atoms with Crippen molar-refractivity contribution in [3.05, 3.63) is 29.6 Å². The lowest BCUT2D eigenvalue weighted by Crippen LogP contribution is -2.30. The second-order valence-corrected chi connectivity index (χ2v) is 3.11. The molecule has 5 nitrogen and oxygen atoms in total. The van der Waals surface area contributed by atoms with Gasteiger partial charge in [0.15, 0.2) is 11.6 Å². The Balaban J connectivity index is 2.72. The minimum absolute atomic E-state index is 0.0317. The lowest BCUT2D eigenvalue weighted by molar-refractivity contribution is -0.139. The van der Waals surface area contributed by atoms with Crippen LogP contribution < -0.4 is 10.1 Å². The molecule has 17 heavy (non-hydrogen) atoms. The van der Waals surface area contributed by atoms with Crippen LogP contribution in [0.15, 0.2) is 18.2 Å². The molecule has 0 aliphatic carbocycles. The molecule has 92 valence electrons. The van der Waals surface area contributed by atoms with Gasteiger partial charge < -0.3 is 14.8 Å². The summed E-state index contributed by atoms with van der Waals surface area (Å²) in [6.45, 7) is -0.241. The molecule has 0 aromatic heterocycles. The van der Waals surface area contributed by atoms with Crippen LogP contribution in [0, 0.1) is 5.82 Å². The lowest BCUT2D eigenvalue weighted by Gasteiger charge is -2.06. The fourth-order valence-electron chi connectivity index (χ4n) is 1.13. The fraction of sp³-hybridized carbons (Fsp3) is 0.273. The van der Waals surface area contributed by atoms with Crippen LogP contribution in [0.4, 0.5) is 4.39 Å². The molecule has 1 rings (SSSR count). The number of esters is 1. The van der Waals surface area contributed by atoms with Crippen LogP contribution in [-0.2, 0) is 9.53 Å². The largest absolute Gasteiger partial charge is 0.494 e. The van der Waals surface area contributed by atoms with E-state index in [-0.39, 0.29) is 17.9 Å². The monoisotopic (exact) mass is 241 g/mol. The third-order valence-electron chi connectivity index (χ3n) is 2.03. The van der Waals surface area contributed by atoms with E-state index in [1.807, 2.05) is 0 Å². The van der Waals surface area contributed by atoms with Gasteiger partial charge in [0.05, 0.1) is 14.2 Å². The Morgan fingerprint density at radius 1 is 1.35 bits per heavy atom. The third kappa shape index (κ3) is 3.44. The predicted octanol–water partition coefficient (Wildman–Crippen LogP) is 0.737. The normalized spacial score (nSPS) is 9.59. The first-order valence-electron chi connectivity index (χ1n) is 4.77. The minimum Gasteiger partial charge on any atom is -0.494 e. The van der Waals surface area contributed by atoms with Crippen LogP contribution >= 0.6 is 0 Å². The van der Waals surface area contributed by atoms with Crippen LogP contribution in [0.25, 0.3) is 0 Å². The smallest absolute Gasteiger partial charge is 0.325 e. The fourth-order valence-corrected chi connectivity index (χ4v) is 1.13. The average molecular weight is 241 g/mol. The van der Waals surface area contributed by atoms with Gasteiger partial charge in [0, 0.05) is 5.56 Å². The highest BCUT2D eigenvalue weighted by atomic mass is 19.1. The predicted molar refractivity (Wildman–Crippen MR) is 57.3 cm³/mol. The van der Waals surface area contributed by atoms with Crippen molar-refractivity contribution >= 4 is 11.9 Å². The summed E-state index contributed by atoms with van der Waals surface area (Å²) in [5, 5.41) is 2.33. The molecule has 0 radical (unpaired) electrons. The van der Waals surface area contributed by atoms with Gasteiger partial charge in [0.25, 0.3) is 5.91 Å². The first kappa shape index (κ1) is 13.0. The summed E-state index contributed by atoms with van der Waals surface area (Å²) >= 11 is 0. The molecule has 0 spiro atoms. The van der Waals surface area contributed by atoms with Crippen molar-refractivity contribution in [2.24, 2.45) is 0 Å². The number of carbonyl (C=O) groups is 2. The summed E-state index contributed by atoms with van der Waals surface area (Å²) in [4.78, 5) is 22.4. The molecule has 0 aliphatic heterocycles. The highest BCUT2D eigenvalue weighted by Crippen LogP contribution is 2.17. The standard InChI is InChI=1S/C11H12FNO4/c1-16-9-5-7(3-4-8(9)12)11(15)13-6-10(14)17-2/h3-5H,6H2,1-2H3,(H,13,15). The van der Waals surface area contributed by atoms with Crippen LogP contribution in [0.2, 0.25) is 0 Å². The maximum Gasteiger partial charge on any atom is 0.325 e. The maximum atomic E-state index is 13.1. The molecule has 0 atom stereocenters. The van der Waals surface area contributed by atoms with Crippen molar-refractivity contribution in [3.8, 4) is 5.75 Å². The topological polar surface area (TPSA) is 64.6 Å². The van der Waals surface area contributed by atoms with E-state index in [0.717, 1.165) is 6.07 Å². The third-order valence-corrected chi connectivity index (χ3v) is 2.03. The van der Waals surface area contributed by atoms with Gasteiger partial charge in [-0.1, -0.05) is 0 Å². The van der Waals surface area contributed by atoms with Gasteiger partial charge in [-0.2, -0.15) is 0 Å². The van der Waals surface area contributed by atoms with Crippen molar-refractivity contribution in [2.75, 3.05) is 20.8 Å². The number of methoxy groups -OCH3 is 2. The Morgan fingerprint density at radius 3 is 2.65 bits per heavy atom. The summed E-state index contributed by atoms with van der Waals surface area (Å²) in [5.41, 5.74) is 0.201. The summed E-state index contributed by atoms with van der Waals surface area (Å²) in [5.74, 6) is -1.66. The molecule has 1 aromatic rings. The highest BCUT2D eigenvalue weighted by molar-refractivity contribution is 5.96.